The number of nitrogens with zero attached hydrogens (tertiary/aromatic N) is 1. The molecule has 0 amide bonds. The molecule has 0 aliphatic heterocycles. The first-order valence-electron chi connectivity index (χ1n) is 11.6. The molecule has 0 bridgehead atoms. The number of nitriles is 1. The van der Waals surface area contributed by atoms with E-state index >= 15 is 0 Å². The zero-order valence-corrected chi connectivity index (χ0v) is 17.2. The Hall–Kier alpha value is -0.510. The largest absolute Gasteiger partial charge is 0.198 e. The Kier molecular flexibility index (Phi) is 9.36. The van der Waals surface area contributed by atoms with E-state index in [2.05, 4.69) is 19.9 Å². The maximum absolute atomic E-state index is 9.88. The van der Waals surface area contributed by atoms with Crippen molar-refractivity contribution in [3.63, 3.8) is 0 Å². The molecular formula is C24H43N. The zero-order chi connectivity index (χ0) is 18.0. The molecule has 0 heterocycles. The molecule has 1 nitrogen and oxygen atoms in total. The number of hydrogen-bond acceptors (Lipinski definition) is 1. The van der Waals surface area contributed by atoms with Crippen molar-refractivity contribution in [1.82, 2.24) is 0 Å². The molecule has 144 valence electrons. The summed E-state index contributed by atoms with van der Waals surface area (Å²) in [6.45, 7) is 4.57. The van der Waals surface area contributed by atoms with Gasteiger partial charge in [-0.15, -0.1) is 0 Å². The van der Waals surface area contributed by atoms with Gasteiger partial charge in [0.2, 0.25) is 0 Å². The van der Waals surface area contributed by atoms with E-state index in [4.69, 9.17) is 0 Å². The van der Waals surface area contributed by atoms with Gasteiger partial charge in [-0.1, -0.05) is 84.5 Å². The van der Waals surface area contributed by atoms with Gasteiger partial charge in [-0.25, -0.2) is 0 Å². The summed E-state index contributed by atoms with van der Waals surface area (Å²) in [4.78, 5) is 0. The highest BCUT2D eigenvalue weighted by atomic mass is 14.5. The first-order valence-corrected chi connectivity index (χ1v) is 11.6. The van der Waals surface area contributed by atoms with E-state index in [0.717, 1.165) is 17.8 Å². The van der Waals surface area contributed by atoms with Crippen LogP contribution in [0.2, 0.25) is 0 Å². The zero-order valence-electron chi connectivity index (χ0n) is 17.2. The molecule has 2 fully saturated rings. The predicted molar refractivity (Wildman–Crippen MR) is 108 cm³/mol. The lowest BCUT2D eigenvalue weighted by atomic mass is 9.58. The average molecular weight is 346 g/mol. The van der Waals surface area contributed by atoms with Crippen LogP contribution in [0.5, 0.6) is 0 Å². The second-order valence-electron chi connectivity index (χ2n) is 9.35. The molecule has 0 N–H and O–H groups in total. The van der Waals surface area contributed by atoms with Crippen molar-refractivity contribution in [2.75, 3.05) is 0 Å². The van der Waals surface area contributed by atoms with Crippen LogP contribution in [0, 0.1) is 34.5 Å². The molecule has 4 unspecified atom stereocenters. The fourth-order valence-corrected chi connectivity index (χ4v) is 5.69. The molecule has 0 aromatic carbocycles. The number of rotatable bonds is 11. The number of fused-ring (bicyclic) bond motifs is 1. The highest BCUT2D eigenvalue weighted by Crippen LogP contribution is 2.51. The topological polar surface area (TPSA) is 23.8 Å². The summed E-state index contributed by atoms with van der Waals surface area (Å²) in [5.74, 6) is 2.82. The summed E-state index contributed by atoms with van der Waals surface area (Å²) in [6.07, 6.45) is 23.1. The van der Waals surface area contributed by atoms with Crippen LogP contribution in [0.4, 0.5) is 0 Å². The predicted octanol–water partition coefficient (Wildman–Crippen LogP) is 8.04. The minimum atomic E-state index is 0.0435. The summed E-state index contributed by atoms with van der Waals surface area (Å²) in [7, 11) is 0. The van der Waals surface area contributed by atoms with E-state index in [1.54, 1.807) is 0 Å². The molecule has 0 spiro atoms. The van der Waals surface area contributed by atoms with E-state index in [1.165, 1.54) is 109 Å². The molecule has 2 rings (SSSR count). The summed E-state index contributed by atoms with van der Waals surface area (Å²) in [5, 5.41) is 9.88. The van der Waals surface area contributed by atoms with Crippen LogP contribution in [0.25, 0.3) is 0 Å². The Labute approximate surface area is 158 Å². The summed E-state index contributed by atoms with van der Waals surface area (Å²) >= 11 is 0. The lowest BCUT2D eigenvalue weighted by Crippen LogP contribution is -2.36. The Morgan fingerprint density at radius 1 is 0.840 bits per heavy atom. The maximum Gasteiger partial charge on any atom is 0.0689 e. The number of unbranched alkanes of at least 4 members (excludes halogenated alkanes) is 7. The standard InChI is InChI=1S/C24H43N/c1-3-5-7-9-10-12-21-13-14-23-19-24(20-25,16-11-8-6-4-2)17-15-22(23)18-21/h21-23H,3-19H2,1-2H3. The molecule has 0 aromatic rings. The first-order chi connectivity index (χ1) is 12.2. The van der Waals surface area contributed by atoms with Gasteiger partial charge in [0.15, 0.2) is 0 Å². The van der Waals surface area contributed by atoms with E-state index < -0.39 is 0 Å². The van der Waals surface area contributed by atoms with Gasteiger partial charge in [-0.05, 0) is 56.3 Å². The van der Waals surface area contributed by atoms with Crippen molar-refractivity contribution in [2.45, 2.75) is 123 Å². The van der Waals surface area contributed by atoms with Gasteiger partial charge in [0.05, 0.1) is 11.5 Å². The van der Waals surface area contributed by atoms with Gasteiger partial charge in [-0.2, -0.15) is 5.26 Å². The summed E-state index contributed by atoms with van der Waals surface area (Å²) in [6, 6.07) is 2.79. The van der Waals surface area contributed by atoms with Gasteiger partial charge in [0, 0.05) is 0 Å². The lowest BCUT2D eigenvalue weighted by Gasteiger charge is -2.45. The maximum atomic E-state index is 9.88. The highest BCUT2D eigenvalue weighted by Gasteiger charge is 2.42. The average Bonchev–Trinajstić information content (AvgIpc) is 2.65. The fraction of sp³-hybridized carbons (Fsp3) is 0.958. The smallest absolute Gasteiger partial charge is 0.0689 e. The molecule has 1 heteroatoms. The third-order valence-corrected chi connectivity index (χ3v) is 7.36. The van der Waals surface area contributed by atoms with Gasteiger partial charge >= 0.3 is 0 Å². The minimum Gasteiger partial charge on any atom is -0.198 e. The molecule has 0 saturated heterocycles. The number of hydrogen-bond donors (Lipinski definition) is 0. The first kappa shape index (κ1) is 20.8. The van der Waals surface area contributed by atoms with Crippen LogP contribution in [0.15, 0.2) is 0 Å². The second kappa shape index (κ2) is 11.3. The third kappa shape index (κ3) is 6.62. The van der Waals surface area contributed by atoms with Gasteiger partial charge in [0.1, 0.15) is 0 Å². The van der Waals surface area contributed by atoms with Crippen molar-refractivity contribution >= 4 is 0 Å². The molecule has 0 aromatic heterocycles. The lowest BCUT2D eigenvalue weighted by molar-refractivity contribution is 0.0615. The summed E-state index contributed by atoms with van der Waals surface area (Å²) in [5.41, 5.74) is 0.0435. The van der Waals surface area contributed by atoms with Crippen molar-refractivity contribution in [2.24, 2.45) is 23.2 Å². The van der Waals surface area contributed by atoms with Crippen LogP contribution in [0.1, 0.15) is 123 Å². The molecule has 25 heavy (non-hydrogen) atoms. The second-order valence-corrected chi connectivity index (χ2v) is 9.35. The van der Waals surface area contributed by atoms with E-state index in [-0.39, 0.29) is 5.41 Å². The van der Waals surface area contributed by atoms with Crippen molar-refractivity contribution in [3.05, 3.63) is 0 Å². The van der Waals surface area contributed by atoms with Gasteiger partial charge in [-0.3, -0.25) is 0 Å². The van der Waals surface area contributed by atoms with E-state index in [0.29, 0.717) is 0 Å². The Morgan fingerprint density at radius 3 is 2.28 bits per heavy atom. The summed E-state index contributed by atoms with van der Waals surface area (Å²) < 4.78 is 0. The molecule has 2 aliphatic carbocycles. The Bertz CT molecular complexity index is 395. The highest BCUT2D eigenvalue weighted by molar-refractivity contribution is 5.04. The molecule has 2 saturated carbocycles. The monoisotopic (exact) mass is 345 g/mol. The molecule has 2 aliphatic rings. The quantitative estimate of drug-likeness (QED) is 0.347. The Morgan fingerprint density at radius 2 is 1.56 bits per heavy atom. The molecular weight excluding hydrogens is 302 g/mol. The van der Waals surface area contributed by atoms with Crippen LogP contribution < -0.4 is 0 Å². The molecule has 0 radical (unpaired) electrons. The van der Waals surface area contributed by atoms with E-state index in [1.807, 2.05) is 0 Å². The van der Waals surface area contributed by atoms with Crippen molar-refractivity contribution in [3.8, 4) is 6.07 Å². The van der Waals surface area contributed by atoms with Crippen molar-refractivity contribution < 1.29 is 0 Å². The van der Waals surface area contributed by atoms with Gasteiger partial charge in [0.25, 0.3) is 0 Å². The minimum absolute atomic E-state index is 0.0435. The van der Waals surface area contributed by atoms with Crippen LogP contribution >= 0.6 is 0 Å². The van der Waals surface area contributed by atoms with Crippen molar-refractivity contribution in [1.29, 1.82) is 5.26 Å². The SMILES string of the molecule is CCCCCCCC1CCC2CC(C#N)(CCCCCC)CCC2C1. The van der Waals surface area contributed by atoms with Gasteiger partial charge < -0.3 is 0 Å². The normalized spacial score (nSPS) is 32.1. The third-order valence-electron chi connectivity index (χ3n) is 7.36. The van der Waals surface area contributed by atoms with Crippen LogP contribution in [-0.4, -0.2) is 0 Å². The molecule has 4 atom stereocenters. The fourth-order valence-electron chi connectivity index (χ4n) is 5.69. The van der Waals surface area contributed by atoms with Crippen LogP contribution in [0.3, 0.4) is 0 Å². The van der Waals surface area contributed by atoms with Crippen LogP contribution in [-0.2, 0) is 0 Å². The van der Waals surface area contributed by atoms with E-state index in [9.17, 15) is 5.26 Å². The Balaban J connectivity index is 1.72.